The molecule has 4 nitrogen and oxygen atoms in total. The van der Waals surface area contributed by atoms with Crippen molar-refractivity contribution < 1.29 is 9.53 Å². The fraction of sp³-hybridized carbons (Fsp3) is 0.667. The summed E-state index contributed by atoms with van der Waals surface area (Å²) in [4.78, 5) is 20.7. The fourth-order valence-corrected chi connectivity index (χ4v) is 2.32. The first-order valence-electron chi connectivity index (χ1n) is 7.03. The molecule has 1 rings (SSSR count). The monoisotopic (exact) mass is 296 g/mol. The summed E-state index contributed by atoms with van der Waals surface area (Å²) in [7, 11) is 0. The Morgan fingerprint density at radius 1 is 1.35 bits per heavy atom. The second-order valence-corrected chi connectivity index (χ2v) is 7.32. The van der Waals surface area contributed by atoms with Gasteiger partial charge in [0.25, 0.3) is 0 Å². The van der Waals surface area contributed by atoms with Gasteiger partial charge >= 0.3 is 5.97 Å². The van der Waals surface area contributed by atoms with Gasteiger partial charge in [0.1, 0.15) is 5.82 Å². The summed E-state index contributed by atoms with van der Waals surface area (Å²) in [5.41, 5.74) is 1.30. The first-order chi connectivity index (χ1) is 9.37. The van der Waals surface area contributed by atoms with Gasteiger partial charge in [-0.05, 0) is 13.3 Å². The molecule has 1 aromatic heterocycles. The van der Waals surface area contributed by atoms with Crippen LogP contribution in [0.25, 0.3) is 0 Å². The molecule has 0 N–H and O–H groups in total. The molecular weight excluding hydrogens is 272 g/mol. The number of carbonyl (C=O) groups is 1. The van der Waals surface area contributed by atoms with Crippen LogP contribution in [0.4, 0.5) is 0 Å². The van der Waals surface area contributed by atoms with Gasteiger partial charge < -0.3 is 4.74 Å². The lowest BCUT2D eigenvalue weighted by atomic mass is 10.1. The summed E-state index contributed by atoms with van der Waals surface area (Å²) in [6.45, 7) is 10.7. The molecule has 0 fully saturated rings. The van der Waals surface area contributed by atoms with Crippen LogP contribution in [0, 0.1) is 0 Å². The van der Waals surface area contributed by atoms with Crippen molar-refractivity contribution in [1.82, 2.24) is 9.97 Å². The molecule has 0 radical (unpaired) electrons. The molecule has 0 aromatic carbocycles. The highest BCUT2D eigenvalue weighted by molar-refractivity contribution is 7.99. The van der Waals surface area contributed by atoms with Crippen molar-refractivity contribution in [3.63, 3.8) is 0 Å². The number of aryl methyl sites for hydroxylation is 1. The maximum absolute atomic E-state index is 11.9. The zero-order chi connectivity index (χ0) is 15.2. The maximum atomic E-state index is 11.9. The molecule has 20 heavy (non-hydrogen) atoms. The molecule has 0 spiro atoms. The SMILES string of the molecule is CCCc1nc(CSC(C)(C)C)ncc1C(=O)OCC. The minimum Gasteiger partial charge on any atom is -0.462 e. The zero-order valence-corrected chi connectivity index (χ0v) is 13.8. The van der Waals surface area contributed by atoms with Crippen molar-refractivity contribution in [1.29, 1.82) is 0 Å². The molecule has 0 atom stereocenters. The Morgan fingerprint density at radius 3 is 2.60 bits per heavy atom. The van der Waals surface area contributed by atoms with Crippen LogP contribution in [-0.4, -0.2) is 27.3 Å². The van der Waals surface area contributed by atoms with Gasteiger partial charge in [-0.15, -0.1) is 11.8 Å². The number of thioether (sulfide) groups is 1. The minimum atomic E-state index is -0.328. The van der Waals surface area contributed by atoms with Crippen LogP contribution in [0.2, 0.25) is 0 Å². The van der Waals surface area contributed by atoms with E-state index in [0.29, 0.717) is 12.2 Å². The second kappa shape index (κ2) is 7.62. The van der Waals surface area contributed by atoms with Crippen LogP contribution < -0.4 is 0 Å². The minimum absolute atomic E-state index is 0.175. The molecule has 0 aliphatic rings. The first-order valence-corrected chi connectivity index (χ1v) is 8.01. The molecular formula is C15H24N2O2S. The third-order valence-electron chi connectivity index (χ3n) is 2.53. The summed E-state index contributed by atoms with van der Waals surface area (Å²) in [5, 5.41) is 0. The van der Waals surface area contributed by atoms with Gasteiger partial charge in [-0.3, -0.25) is 0 Å². The average molecular weight is 296 g/mol. The average Bonchev–Trinajstić information content (AvgIpc) is 2.36. The highest BCUT2D eigenvalue weighted by Crippen LogP contribution is 2.26. The summed E-state index contributed by atoms with van der Waals surface area (Å²) < 4.78 is 5.22. The van der Waals surface area contributed by atoms with Crippen LogP contribution in [0.3, 0.4) is 0 Å². The van der Waals surface area contributed by atoms with Crippen molar-refractivity contribution in [3.8, 4) is 0 Å². The number of aromatic nitrogens is 2. The Bertz CT molecular complexity index is 456. The van der Waals surface area contributed by atoms with Gasteiger partial charge in [-0.1, -0.05) is 34.1 Å². The molecule has 0 bridgehead atoms. The van der Waals surface area contributed by atoms with E-state index in [1.54, 1.807) is 24.9 Å². The van der Waals surface area contributed by atoms with Gasteiger partial charge in [0.15, 0.2) is 0 Å². The largest absolute Gasteiger partial charge is 0.462 e. The number of hydrogen-bond donors (Lipinski definition) is 0. The number of ether oxygens (including phenoxy) is 1. The topological polar surface area (TPSA) is 52.1 Å². The number of hydrogen-bond acceptors (Lipinski definition) is 5. The van der Waals surface area contributed by atoms with E-state index in [1.165, 1.54) is 0 Å². The highest BCUT2D eigenvalue weighted by Gasteiger charge is 2.17. The van der Waals surface area contributed by atoms with E-state index >= 15 is 0 Å². The van der Waals surface area contributed by atoms with Crippen LogP contribution in [0.5, 0.6) is 0 Å². The van der Waals surface area contributed by atoms with Gasteiger partial charge in [-0.2, -0.15) is 0 Å². The number of nitrogens with zero attached hydrogens (tertiary/aromatic N) is 2. The maximum Gasteiger partial charge on any atom is 0.341 e. The zero-order valence-electron chi connectivity index (χ0n) is 13.0. The Labute approximate surface area is 125 Å². The number of esters is 1. The molecule has 0 unspecified atom stereocenters. The van der Waals surface area contributed by atoms with E-state index in [9.17, 15) is 4.79 Å². The van der Waals surface area contributed by atoms with Gasteiger partial charge in [0.2, 0.25) is 0 Å². The molecule has 0 amide bonds. The smallest absolute Gasteiger partial charge is 0.341 e. The van der Waals surface area contributed by atoms with Gasteiger partial charge in [0.05, 0.1) is 23.6 Å². The molecule has 1 aromatic rings. The van der Waals surface area contributed by atoms with Gasteiger partial charge in [-0.25, -0.2) is 14.8 Å². The standard InChI is InChI=1S/C15H24N2O2S/c1-6-8-12-11(14(18)19-7-2)9-16-13(17-12)10-20-15(3,4)5/h9H,6-8,10H2,1-5H3. The molecule has 0 saturated heterocycles. The lowest BCUT2D eigenvalue weighted by Gasteiger charge is -2.17. The lowest BCUT2D eigenvalue weighted by Crippen LogP contribution is -2.13. The van der Waals surface area contributed by atoms with Crippen LogP contribution in [-0.2, 0) is 16.9 Å². The molecule has 0 aliphatic heterocycles. The Kier molecular flexibility index (Phi) is 6.46. The Hall–Kier alpha value is -1.10. The highest BCUT2D eigenvalue weighted by atomic mass is 32.2. The van der Waals surface area contributed by atoms with E-state index < -0.39 is 0 Å². The summed E-state index contributed by atoms with van der Waals surface area (Å²) in [6.07, 6.45) is 3.31. The molecule has 5 heteroatoms. The predicted molar refractivity (Wildman–Crippen MR) is 83.0 cm³/mol. The summed E-state index contributed by atoms with van der Waals surface area (Å²) in [5.74, 6) is 1.20. The Morgan fingerprint density at radius 2 is 2.05 bits per heavy atom. The molecule has 0 aliphatic carbocycles. The third kappa shape index (κ3) is 5.49. The van der Waals surface area contributed by atoms with Crippen molar-refractivity contribution in [3.05, 3.63) is 23.3 Å². The fourth-order valence-electron chi connectivity index (χ4n) is 1.62. The van der Waals surface area contributed by atoms with E-state index in [0.717, 1.165) is 30.1 Å². The molecule has 0 saturated carbocycles. The Balaban J connectivity index is 2.91. The van der Waals surface area contributed by atoms with Crippen LogP contribution >= 0.6 is 11.8 Å². The predicted octanol–water partition coefficient (Wildman–Crippen LogP) is 3.64. The van der Waals surface area contributed by atoms with Crippen molar-refractivity contribution >= 4 is 17.7 Å². The van der Waals surface area contributed by atoms with E-state index in [1.807, 2.05) is 0 Å². The molecule has 1 heterocycles. The van der Waals surface area contributed by atoms with E-state index in [-0.39, 0.29) is 10.7 Å². The van der Waals surface area contributed by atoms with Crippen molar-refractivity contribution in [2.45, 2.75) is 58.0 Å². The summed E-state index contributed by atoms with van der Waals surface area (Å²) >= 11 is 1.80. The number of carbonyl (C=O) groups excluding carboxylic acids is 1. The second-order valence-electron chi connectivity index (χ2n) is 5.52. The lowest BCUT2D eigenvalue weighted by molar-refractivity contribution is 0.0524. The van der Waals surface area contributed by atoms with E-state index in [4.69, 9.17) is 4.74 Å². The van der Waals surface area contributed by atoms with Crippen molar-refractivity contribution in [2.24, 2.45) is 0 Å². The normalized spacial score (nSPS) is 11.4. The van der Waals surface area contributed by atoms with E-state index in [2.05, 4.69) is 37.7 Å². The van der Waals surface area contributed by atoms with Crippen LogP contribution in [0.1, 0.15) is 62.9 Å². The first kappa shape index (κ1) is 17.0. The van der Waals surface area contributed by atoms with Gasteiger partial charge in [0, 0.05) is 10.9 Å². The van der Waals surface area contributed by atoms with Crippen molar-refractivity contribution in [2.75, 3.05) is 6.61 Å². The summed E-state index contributed by atoms with van der Waals surface area (Å²) in [6, 6.07) is 0. The quantitative estimate of drug-likeness (QED) is 0.750. The third-order valence-corrected chi connectivity index (χ3v) is 3.80. The molecule has 112 valence electrons. The number of rotatable bonds is 6. The van der Waals surface area contributed by atoms with Crippen LogP contribution in [0.15, 0.2) is 6.20 Å².